The third kappa shape index (κ3) is 3.75. The smallest absolute Gasteiger partial charge is 0.276 e. The molecular formula is C15H10ClN3O4. The summed E-state index contributed by atoms with van der Waals surface area (Å²) >= 11 is 5.97. The van der Waals surface area contributed by atoms with Crippen LogP contribution in [0, 0.1) is 21.4 Å². The van der Waals surface area contributed by atoms with E-state index in [9.17, 15) is 14.9 Å². The van der Waals surface area contributed by atoms with E-state index >= 15 is 0 Å². The van der Waals surface area contributed by atoms with E-state index < -0.39 is 10.8 Å². The van der Waals surface area contributed by atoms with Crippen LogP contribution in [-0.4, -0.2) is 10.8 Å². The average molecular weight is 332 g/mol. The molecule has 0 bridgehead atoms. The lowest BCUT2D eigenvalue weighted by Gasteiger charge is -2.09. The predicted octanol–water partition coefficient (Wildman–Crippen LogP) is 2.80. The van der Waals surface area contributed by atoms with E-state index in [-0.39, 0.29) is 28.4 Å². The fraction of sp³-hybridized carbons (Fsp3) is 0.0667. The molecule has 23 heavy (non-hydrogen) atoms. The van der Waals surface area contributed by atoms with Crippen LogP contribution in [0.3, 0.4) is 0 Å². The highest BCUT2D eigenvalue weighted by molar-refractivity contribution is 6.32. The summed E-state index contributed by atoms with van der Waals surface area (Å²) in [5, 5.41) is 20.1. The Labute approximate surface area is 136 Å². The Balaban J connectivity index is 2.25. The van der Waals surface area contributed by atoms with Crippen LogP contribution in [0.4, 0.5) is 5.69 Å². The van der Waals surface area contributed by atoms with Gasteiger partial charge in [-0.25, -0.2) is 0 Å². The molecule has 0 saturated heterocycles. The molecule has 0 unspecified atom stereocenters. The molecule has 0 fully saturated rings. The third-order valence-electron chi connectivity index (χ3n) is 3.01. The summed E-state index contributed by atoms with van der Waals surface area (Å²) in [6, 6.07) is 10.3. The first kappa shape index (κ1) is 16.3. The molecule has 0 spiro atoms. The van der Waals surface area contributed by atoms with Crippen LogP contribution in [-0.2, 0) is 6.61 Å². The highest BCUT2D eigenvalue weighted by Gasteiger charge is 2.17. The number of hydrogen-bond donors (Lipinski definition) is 1. The van der Waals surface area contributed by atoms with Gasteiger partial charge in [0.1, 0.15) is 12.4 Å². The number of carbonyl (C=O) groups is 1. The van der Waals surface area contributed by atoms with Gasteiger partial charge in [0.05, 0.1) is 27.1 Å². The number of ether oxygens (including phenoxy) is 1. The van der Waals surface area contributed by atoms with E-state index in [4.69, 9.17) is 27.3 Å². The van der Waals surface area contributed by atoms with Crippen LogP contribution in [0.1, 0.15) is 21.5 Å². The number of nitro groups is 1. The second-order valence-electron chi connectivity index (χ2n) is 4.51. The number of nitrogens with zero attached hydrogens (tertiary/aromatic N) is 2. The number of carbonyl (C=O) groups excluding carboxylic acids is 1. The van der Waals surface area contributed by atoms with Crippen LogP contribution in [0.5, 0.6) is 5.75 Å². The van der Waals surface area contributed by atoms with Gasteiger partial charge in [0.25, 0.3) is 5.69 Å². The van der Waals surface area contributed by atoms with Crippen molar-refractivity contribution in [3.63, 3.8) is 0 Å². The molecule has 7 nitrogen and oxygen atoms in total. The molecule has 0 radical (unpaired) electrons. The number of rotatable bonds is 5. The summed E-state index contributed by atoms with van der Waals surface area (Å²) in [4.78, 5) is 21.6. The van der Waals surface area contributed by atoms with E-state index in [2.05, 4.69) is 0 Å². The van der Waals surface area contributed by atoms with Crippen molar-refractivity contribution in [2.24, 2.45) is 5.73 Å². The third-order valence-corrected chi connectivity index (χ3v) is 3.31. The normalized spacial score (nSPS) is 9.91. The first-order chi connectivity index (χ1) is 10.9. The molecule has 2 aromatic rings. The summed E-state index contributed by atoms with van der Waals surface area (Å²) in [5.74, 6) is -0.463. The van der Waals surface area contributed by atoms with Gasteiger partial charge < -0.3 is 10.5 Å². The zero-order chi connectivity index (χ0) is 17.0. The van der Waals surface area contributed by atoms with Gasteiger partial charge >= 0.3 is 0 Å². The number of halogens is 1. The van der Waals surface area contributed by atoms with Gasteiger partial charge in [0.15, 0.2) is 0 Å². The van der Waals surface area contributed by atoms with Gasteiger partial charge in [-0.2, -0.15) is 5.26 Å². The number of nitriles is 1. The van der Waals surface area contributed by atoms with Gasteiger partial charge in [-0.1, -0.05) is 11.6 Å². The second kappa shape index (κ2) is 6.77. The van der Waals surface area contributed by atoms with Crippen LogP contribution in [0.15, 0.2) is 36.4 Å². The maximum absolute atomic E-state index is 11.1. The Morgan fingerprint density at radius 2 is 2.09 bits per heavy atom. The zero-order valence-corrected chi connectivity index (χ0v) is 12.4. The van der Waals surface area contributed by atoms with Crippen molar-refractivity contribution in [1.82, 2.24) is 0 Å². The lowest BCUT2D eigenvalue weighted by molar-refractivity contribution is -0.385. The van der Waals surface area contributed by atoms with Gasteiger partial charge in [-0.05, 0) is 30.3 Å². The van der Waals surface area contributed by atoms with E-state index in [0.717, 1.165) is 6.07 Å². The molecule has 2 N–H and O–H groups in total. The number of nitro benzene ring substituents is 1. The van der Waals surface area contributed by atoms with Crippen LogP contribution >= 0.6 is 11.6 Å². The highest BCUT2D eigenvalue weighted by atomic mass is 35.5. The van der Waals surface area contributed by atoms with Crippen molar-refractivity contribution in [1.29, 1.82) is 5.26 Å². The van der Waals surface area contributed by atoms with Gasteiger partial charge in [-0.15, -0.1) is 0 Å². The molecule has 1 amide bonds. The molecule has 2 rings (SSSR count). The van der Waals surface area contributed by atoms with Crippen molar-refractivity contribution >= 4 is 23.2 Å². The molecular weight excluding hydrogens is 322 g/mol. The van der Waals surface area contributed by atoms with Crippen LogP contribution in [0.25, 0.3) is 0 Å². The minimum Gasteiger partial charge on any atom is -0.487 e. The van der Waals surface area contributed by atoms with Crippen molar-refractivity contribution in [3.8, 4) is 11.8 Å². The Morgan fingerprint density at radius 1 is 1.35 bits per heavy atom. The average Bonchev–Trinajstić information content (AvgIpc) is 2.53. The van der Waals surface area contributed by atoms with Gasteiger partial charge in [0, 0.05) is 11.6 Å². The lowest BCUT2D eigenvalue weighted by atomic mass is 10.1. The summed E-state index contributed by atoms with van der Waals surface area (Å²) in [5.41, 5.74) is 5.51. The molecule has 0 aliphatic rings. The number of primary amides is 1. The van der Waals surface area contributed by atoms with E-state index in [0.29, 0.717) is 11.3 Å². The lowest BCUT2D eigenvalue weighted by Crippen LogP contribution is -2.12. The summed E-state index contributed by atoms with van der Waals surface area (Å²) in [6.45, 7) is -0.124. The van der Waals surface area contributed by atoms with Crippen molar-refractivity contribution < 1.29 is 14.5 Å². The second-order valence-corrected chi connectivity index (χ2v) is 4.92. The fourth-order valence-electron chi connectivity index (χ4n) is 1.85. The molecule has 2 aromatic carbocycles. The zero-order valence-electron chi connectivity index (χ0n) is 11.7. The predicted molar refractivity (Wildman–Crippen MR) is 82.1 cm³/mol. The van der Waals surface area contributed by atoms with Crippen LogP contribution < -0.4 is 10.5 Å². The number of hydrogen-bond acceptors (Lipinski definition) is 5. The quantitative estimate of drug-likeness (QED) is 0.667. The molecule has 0 aliphatic carbocycles. The topological polar surface area (TPSA) is 119 Å². The first-order valence-electron chi connectivity index (χ1n) is 6.32. The van der Waals surface area contributed by atoms with Gasteiger partial charge in [-0.3, -0.25) is 14.9 Å². The maximum Gasteiger partial charge on any atom is 0.276 e. The first-order valence-corrected chi connectivity index (χ1v) is 6.69. The number of nitrogens with two attached hydrogens (primary N) is 1. The number of amides is 1. The molecule has 0 saturated carbocycles. The van der Waals surface area contributed by atoms with Crippen molar-refractivity contribution in [2.75, 3.05) is 0 Å². The summed E-state index contributed by atoms with van der Waals surface area (Å²) in [6.07, 6.45) is 0. The van der Waals surface area contributed by atoms with E-state index in [1.54, 1.807) is 0 Å². The Bertz CT molecular complexity index is 830. The summed E-state index contributed by atoms with van der Waals surface area (Å²) < 4.78 is 5.45. The Hall–Kier alpha value is -3.11. The molecule has 8 heteroatoms. The van der Waals surface area contributed by atoms with Crippen LogP contribution in [0.2, 0.25) is 5.02 Å². The maximum atomic E-state index is 11.1. The fourth-order valence-corrected chi connectivity index (χ4v) is 2.09. The molecule has 0 heterocycles. The molecule has 0 aliphatic heterocycles. The SMILES string of the molecule is N#Cc1ccc(OCc2ccc(C(N)=O)cc2[N+](=O)[O-])c(Cl)c1. The standard InChI is InChI=1S/C15H10ClN3O4/c16-12-5-9(7-17)1-4-14(12)23-8-11-3-2-10(15(18)20)6-13(11)19(21)22/h1-6H,8H2,(H2,18,20). The van der Waals surface area contributed by atoms with E-state index in [1.165, 1.54) is 30.3 Å². The highest BCUT2D eigenvalue weighted by Crippen LogP contribution is 2.28. The monoisotopic (exact) mass is 331 g/mol. The minimum absolute atomic E-state index is 0.0388. The van der Waals surface area contributed by atoms with E-state index in [1.807, 2.05) is 6.07 Å². The van der Waals surface area contributed by atoms with Crippen molar-refractivity contribution in [2.45, 2.75) is 6.61 Å². The molecule has 0 atom stereocenters. The van der Waals surface area contributed by atoms with Crippen molar-refractivity contribution in [3.05, 3.63) is 68.2 Å². The Kier molecular flexibility index (Phi) is 4.79. The molecule has 116 valence electrons. The number of benzene rings is 2. The van der Waals surface area contributed by atoms with Gasteiger partial charge in [0.2, 0.25) is 5.91 Å². The largest absolute Gasteiger partial charge is 0.487 e. The molecule has 0 aromatic heterocycles. The summed E-state index contributed by atoms with van der Waals surface area (Å²) in [7, 11) is 0. The minimum atomic E-state index is -0.754. The Morgan fingerprint density at radius 3 is 2.65 bits per heavy atom.